The molecule has 0 amide bonds. The molecule has 1 unspecified atom stereocenters. The molecule has 0 saturated carbocycles. The molecular formula is C8H12FN3. The summed E-state index contributed by atoms with van der Waals surface area (Å²) in [4.78, 5) is 0. The van der Waals surface area contributed by atoms with Crippen molar-refractivity contribution in [2.24, 2.45) is 7.05 Å². The van der Waals surface area contributed by atoms with Crippen LogP contribution in [0.3, 0.4) is 0 Å². The normalized spacial score (nSPS) is 29.5. The Hall–Kier alpha value is -0.900. The van der Waals surface area contributed by atoms with E-state index in [0.29, 0.717) is 18.5 Å². The fourth-order valence-electron chi connectivity index (χ4n) is 1.56. The van der Waals surface area contributed by atoms with Crippen LogP contribution in [-0.2, 0) is 12.7 Å². The van der Waals surface area contributed by atoms with Gasteiger partial charge < -0.3 is 5.32 Å². The van der Waals surface area contributed by atoms with Crippen molar-refractivity contribution in [3.05, 3.63) is 18.0 Å². The van der Waals surface area contributed by atoms with Crippen molar-refractivity contribution in [3.63, 3.8) is 0 Å². The first-order chi connectivity index (χ1) is 5.71. The number of aromatic nitrogens is 2. The van der Waals surface area contributed by atoms with E-state index in [1.807, 2.05) is 0 Å². The predicted molar refractivity (Wildman–Crippen MR) is 43.5 cm³/mol. The lowest BCUT2D eigenvalue weighted by molar-refractivity contribution is 0.193. The molecule has 4 heteroatoms. The van der Waals surface area contributed by atoms with E-state index in [9.17, 15) is 4.39 Å². The number of nitrogens with one attached hydrogen (secondary N) is 1. The third-order valence-electron chi connectivity index (χ3n) is 2.33. The van der Waals surface area contributed by atoms with Crippen LogP contribution in [0.2, 0.25) is 0 Å². The molecule has 1 saturated heterocycles. The van der Waals surface area contributed by atoms with Gasteiger partial charge in [0.25, 0.3) is 0 Å². The van der Waals surface area contributed by atoms with Crippen molar-refractivity contribution in [3.8, 4) is 0 Å². The van der Waals surface area contributed by atoms with Crippen molar-refractivity contribution in [2.75, 3.05) is 13.1 Å². The van der Waals surface area contributed by atoms with E-state index >= 15 is 0 Å². The fourth-order valence-corrected chi connectivity index (χ4v) is 1.56. The van der Waals surface area contributed by atoms with Crippen LogP contribution in [0, 0.1) is 0 Å². The minimum absolute atomic E-state index is 0.415. The van der Waals surface area contributed by atoms with Crippen molar-refractivity contribution in [1.82, 2.24) is 15.1 Å². The number of aryl methyl sites for hydroxylation is 1. The molecule has 0 aliphatic carbocycles. The summed E-state index contributed by atoms with van der Waals surface area (Å²) >= 11 is 0. The minimum atomic E-state index is -1.19. The molecule has 0 radical (unpaired) electrons. The van der Waals surface area contributed by atoms with Gasteiger partial charge in [0.15, 0.2) is 5.67 Å². The summed E-state index contributed by atoms with van der Waals surface area (Å²) in [5.41, 5.74) is -0.496. The number of rotatable bonds is 1. The van der Waals surface area contributed by atoms with Gasteiger partial charge in [-0.25, -0.2) is 4.39 Å². The number of hydrogen-bond acceptors (Lipinski definition) is 2. The highest BCUT2D eigenvalue weighted by Gasteiger charge is 2.36. The van der Waals surface area contributed by atoms with Crippen molar-refractivity contribution in [2.45, 2.75) is 12.1 Å². The van der Waals surface area contributed by atoms with E-state index in [1.54, 1.807) is 24.1 Å². The summed E-state index contributed by atoms with van der Waals surface area (Å²) in [6.45, 7) is 1.17. The van der Waals surface area contributed by atoms with E-state index in [1.165, 1.54) is 0 Å². The lowest BCUT2D eigenvalue weighted by Gasteiger charge is -2.14. The van der Waals surface area contributed by atoms with E-state index in [0.717, 1.165) is 6.54 Å². The summed E-state index contributed by atoms with van der Waals surface area (Å²) in [5, 5.41) is 6.96. The Bertz CT molecular complexity index is 276. The van der Waals surface area contributed by atoms with Crippen molar-refractivity contribution < 1.29 is 4.39 Å². The van der Waals surface area contributed by atoms with Gasteiger partial charge in [0, 0.05) is 25.4 Å². The largest absolute Gasteiger partial charge is 0.313 e. The highest BCUT2D eigenvalue weighted by atomic mass is 19.1. The van der Waals surface area contributed by atoms with E-state index in [-0.39, 0.29) is 0 Å². The van der Waals surface area contributed by atoms with Crippen LogP contribution >= 0.6 is 0 Å². The molecule has 1 fully saturated rings. The summed E-state index contributed by atoms with van der Waals surface area (Å²) < 4.78 is 15.6. The van der Waals surface area contributed by atoms with Crippen LogP contribution in [0.1, 0.15) is 12.0 Å². The maximum absolute atomic E-state index is 13.9. The van der Waals surface area contributed by atoms with Gasteiger partial charge in [0.05, 0.1) is 6.20 Å². The van der Waals surface area contributed by atoms with E-state index in [2.05, 4.69) is 10.4 Å². The van der Waals surface area contributed by atoms with Gasteiger partial charge in [-0.3, -0.25) is 4.68 Å². The molecule has 2 rings (SSSR count). The second-order valence-electron chi connectivity index (χ2n) is 3.29. The summed E-state index contributed by atoms with van der Waals surface area (Å²) in [6.07, 6.45) is 3.90. The van der Waals surface area contributed by atoms with Crippen LogP contribution < -0.4 is 5.32 Å². The van der Waals surface area contributed by atoms with Crippen LogP contribution in [0.25, 0.3) is 0 Å². The molecule has 0 aromatic carbocycles. The third-order valence-corrected chi connectivity index (χ3v) is 2.33. The molecule has 1 aliphatic heterocycles. The Morgan fingerprint density at radius 2 is 2.58 bits per heavy atom. The summed E-state index contributed by atoms with van der Waals surface area (Å²) in [5.74, 6) is 0. The first-order valence-electron chi connectivity index (χ1n) is 4.09. The molecular weight excluding hydrogens is 157 g/mol. The summed E-state index contributed by atoms with van der Waals surface area (Å²) in [6, 6.07) is 0. The molecule has 1 aromatic rings. The van der Waals surface area contributed by atoms with Crippen LogP contribution in [0.4, 0.5) is 4.39 Å². The molecule has 1 N–H and O–H groups in total. The molecule has 1 aromatic heterocycles. The van der Waals surface area contributed by atoms with Gasteiger partial charge in [0.2, 0.25) is 0 Å². The van der Waals surface area contributed by atoms with E-state index in [4.69, 9.17) is 0 Å². The smallest absolute Gasteiger partial charge is 0.152 e. The Kier molecular flexibility index (Phi) is 1.65. The molecule has 12 heavy (non-hydrogen) atoms. The van der Waals surface area contributed by atoms with Gasteiger partial charge in [-0.2, -0.15) is 5.10 Å². The predicted octanol–water partition coefficient (Wildman–Crippen LogP) is 0.578. The zero-order chi connectivity index (χ0) is 8.60. The summed E-state index contributed by atoms with van der Waals surface area (Å²) in [7, 11) is 1.80. The highest BCUT2D eigenvalue weighted by molar-refractivity contribution is 5.17. The second kappa shape index (κ2) is 2.55. The monoisotopic (exact) mass is 169 g/mol. The average molecular weight is 169 g/mol. The molecule has 0 bridgehead atoms. The number of halogens is 1. The van der Waals surface area contributed by atoms with Gasteiger partial charge in [-0.05, 0) is 13.0 Å². The Morgan fingerprint density at radius 3 is 3.08 bits per heavy atom. The highest BCUT2D eigenvalue weighted by Crippen LogP contribution is 2.31. The second-order valence-corrected chi connectivity index (χ2v) is 3.29. The van der Waals surface area contributed by atoms with Gasteiger partial charge >= 0.3 is 0 Å². The average Bonchev–Trinajstić information content (AvgIpc) is 2.59. The van der Waals surface area contributed by atoms with E-state index < -0.39 is 5.67 Å². The van der Waals surface area contributed by atoms with Gasteiger partial charge in [-0.15, -0.1) is 0 Å². The molecule has 3 nitrogen and oxygen atoms in total. The Balaban J connectivity index is 2.28. The molecule has 1 aliphatic rings. The first-order valence-corrected chi connectivity index (χ1v) is 4.09. The fraction of sp³-hybridized carbons (Fsp3) is 0.625. The Labute approximate surface area is 70.6 Å². The number of hydrogen-bond donors (Lipinski definition) is 1. The van der Waals surface area contributed by atoms with Crippen molar-refractivity contribution >= 4 is 0 Å². The molecule has 1 atom stereocenters. The topological polar surface area (TPSA) is 29.9 Å². The lowest BCUT2D eigenvalue weighted by Crippen LogP contribution is -2.22. The quantitative estimate of drug-likeness (QED) is 0.666. The number of alkyl halides is 1. The lowest BCUT2D eigenvalue weighted by atomic mass is 9.99. The zero-order valence-electron chi connectivity index (χ0n) is 7.05. The molecule has 2 heterocycles. The number of nitrogens with zero attached hydrogens (tertiary/aromatic N) is 2. The molecule has 66 valence electrons. The zero-order valence-corrected chi connectivity index (χ0v) is 7.05. The van der Waals surface area contributed by atoms with Gasteiger partial charge in [0.1, 0.15) is 0 Å². The third kappa shape index (κ3) is 1.12. The minimum Gasteiger partial charge on any atom is -0.313 e. The maximum Gasteiger partial charge on any atom is 0.152 e. The molecule has 0 spiro atoms. The van der Waals surface area contributed by atoms with Gasteiger partial charge in [-0.1, -0.05) is 0 Å². The van der Waals surface area contributed by atoms with Crippen LogP contribution in [0.15, 0.2) is 12.4 Å². The van der Waals surface area contributed by atoms with Crippen LogP contribution in [0.5, 0.6) is 0 Å². The SMILES string of the molecule is Cn1cc(C2(F)CCNC2)cn1. The van der Waals surface area contributed by atoms with Crippen LogP contribution in [-0.4, -0.2) is 22.9 Å². The Morgan fingerprint density at radius 1 is 1.75 bits per heavy atom. The maximum atomic E-state index is 13.9. The standard InChI is InChI=1S/C8H12FN3/c1-12-5-7(4-11-12)8(9)2-3-10-6-8/h4-5,10H,2-3,6H2,1H3. The first kappa shape index (κ1) is 7.73. The van der Waals surface area contributed by atoms with Crippen molar-refractivity contribution in [1.29, 1.82) is 0 Å².